The summed E-state index contributed by atoms with van der Waals surface area (Å²) in [5.41, 5.74) is 1.56. The van der Waals surface area contributed by atoms with Crippen molar-refractivity contribution in [2.24, 2.45) is 0 Å². The van der Waals surface area contributed by atoms with Gasteiger partial charge in [0, 0.05) is 11.3 Å². The van der Waals surface area contributed by atoms with Crippen molar-refractivity contribution in [1.29, 1.82) is 0 Å². The maximum atomic E-state index is 13.0. The first-order valence-electron chi connectivity index (χ1n) is 10.6. The molecule has 1 heterocycles. The highest BCUT2D eigenvalue weighted by Crippen LogP contribution is 2.33. The minimum absolute atomic E-state index is 0.00591. The van der Waals surface area contributed by atoms with Gasteiger partial charge in [-0.15, -0.1) is 0 Å². The van der Waals surface area contributed by atoms with E-state index in [0.29, 0.717) is 30.4 Å². The molecule has 34 heavy (non-hydrogen) atoms. The normalized spacial score (nSPS) is 16.3. The van der Waals surface area contributed by atoms with E-state index >= 15 is 0 Å². The zero-order valence-corrected chi connectivity index (χ0v) is 18.7. The lowest BCUT2D eigenvalue weighted by molar-refractivity contribution is -0.138. The summed E-state index contributed by atoms with van der Waals surface area (Å²) < 4.78 is 69.3. The van der Waals surface area contributed by atoms with Crippen LogP contribution in [0.15, 0.2) is 59.6 Å². The van der Waals surface area contributed by atoms with Crippen LogP contribution in [0.3, 0.4) is 0 Å². The number of aryl methyl sites for hydroxylation is 1. The monoisotopic (exact) mass is 493 g/mol. The summed E-state index contributed by atoms with van der Waals surface area (Å²) in [5, 5.41) is 13.1. The minimum atomic E-state index is -4.47. The number of sulfonamides is 1. The zero-order valence-electron chi connectivity index (χ0n) is 17.9. The second-order valence-corrected chi connectivity index (χ2v) is 9.80. The standard InChI is InChI=1S/C23H22F3N3O4S/c24-23(25,26)17-4-1-3-16(13-17)15-7-9-18(10-8-15)34(32,33)28-20-5-2-6-21-19(20)14-27-29(21)12-11-22(30)31/h1,3-4,7-10,13-14,20,28H,2,5-6,11-12H2,(H,30,31)/t20-/m1/s1. The summed E-state index contributed by atoms with van der Waals surface area (Å²) in [4.78, 5) is 10.9. The van der Waals surface area contributed by atoms with E-state index in [1.165, 1.54) is 36.4 Å². The molecule has 1 aliphatic rings. The number of nitrogens with one attached hydrogen (secondary N) is 1. The van der Waals surface area contributed by atoms with Crippen LogP contribution >= 0.6 is 0 Å². The molecule has 3 aromatic rings. The maximum Gasteiger partial charge on any atom is 0.416 e. The van der Waals surface area contributed by atoms with E-state index in [1.54, 1.807) is 10.9 Å². The number of carboxylic acid groups (broad SMARTS) is 1. The van der Waals surface area contributed by atoms with Gasteiger partial charge in [-0.1, -0.05) is 24.3 Å². The summed E-state index contributed by atoms with van der Waals surface area (Å²) in [5.74, 6) is -0.939. The molecule has 1 aromatic heterocycles. The molecule has 4 rings (SSSR count). The summed E-state index contributed by atoms with van der Waals surface area (Å²) in [6, 6.07) is 10.00. The highest BCUT2D eigenvalue weighted by atomic mass is 32.2. The van der Waals surface area contributed by atoms with E-state index in [9.17, 15) is 26.4 Å². The molecule has 2 N–H and O–H groups in total. The van der Waals surface area contributed by atoms with E-state index in [2.05, 4.69) is 9.82 Å². The van der Waals surface area contributed by atoms with Crippen molar-refractivity contribution < 1.29 is 31.5 Å². The number of nitrogens with zero attached hydrogens (tertiary/aromatic N) is 2. The molecule has 0 fully saturated rings. The van der Waals surface area contributed by atoms with Crippen LogP contribution in [0.2, 0.25) is 0 Å². The fourth-order valence-corrected chi connectivity index (χ4v) is 5.34. The summed E-state index contributed by atoms with van der Waals surface area (Å²) in [6.07, 6.45) is -1.02. The van der Waals surface area contributed by atoms with Crippen molar-refractivity contribution in [1.82, 2.24) is 14.5 Å². The van der Waals surface area contributed by atoms with Gasteiger partial charge in [0.15, 0.2) is 0 Å². The highest BCUT2D eigenvalue weighted by molar-refractivity contribution is 7.89. The van der Waals surface area contributed by atoms with E-state index in [1.807, 2.05) is 0 Å². The topological polar surface area (TPSA) is 101 Å². The van der Waals surface area contributed by atoms with Crippen LogP contribution < -0.4 is 4.72 Å². The number of alkyl halides is 3. The van der Waals surface area contributed by atoms with Crippen molar-refractivity contribution in [3.05, 3.63) is 71.5 Å². The Bertz CT molecular complexity index is 1300. The Labute approximate surface area is 194 Å². The molecule has 0 saturated carbocycles. The van der Waals surface area contributed by atoms with E-state index < -0.39 is 33.8 Å². The number of aromatic nitrogens is 2. The number of carbonyl (C=O) groups is 1. The zero-order chi connectivity index (χ0) is 24.5. The van der Waals surface area contributed by atoms with Gasteiger partial charge in [0.25, 0.3) is 0 Å². The Balaban J connectivity index is 1.53. The van der Waals surface area contributed by atoms with Crippen molar-refractivity contribution in [2.45, 2.75) is 49.3 Å². The summed E-state index contributed by atoms with van der Waals surface area (Å²) >= 11 is 0. The molecule has 2 aromatic carbocycles. The molecule has 0 amide bonds. The van der Waals surface area contributed by atoms with Crippen LogP contribution in [0.25, 0.3) is 11.1 Å². The number of fused-ring (bicyclic) bond motifs is 1. The van der Waals surface area contributed by atoms with E-state index in [-0.39, 0.29) is 17.9 Å². The third kappa shape index (κ3) is 5.15. The van der Waals surface area contributed by atoms with Crippen LogP contribution in [0, 0.1) is 0 Å². The van der Waals surface area contributed by atoms with Crippen LogP contribution in [-0.2, 0) is 34.0 Å². The fraction of sp³-hybridized carbons (Fsp3) is 0.304. The van der Waals surface area contributed by atoms with Gasteiger partial charge in [-0.05, 0) is 54.7 Å². The number of hydrogen-bond donors (Lipinski definition) is 2. The van der Waals surface area contributed by atoms with E-state index in [4.69, 9.17) is 5.11 Å². The van der Waals surface area contributed by atoms with Gasteiger partial charge in [0.2, 0.25) is 10.0 Å². The summed E-state index contributed by atoms with van der Waals surface area (Å²) in [7, 11) is -3.91. The SMILES string of the molecule is O=C(O)CCn1ncc2c1CCC[C@H]2NS(=O)(=O)c1ccc(-c2cccc(C(F)(F)F)c2)cc1. The van der Waals surface area contributed by atoms with Gasteiger partial charge < -0.3 is 5.11 Å². The fourth-order valence-electron chi connectivity index (χ4n) is 4.09. The Kier molecular flexibility index (Phi) is 6.50. The van der Waals surface area contributed by atoms with Gasteiger partial charge >= 0.3 is 12.1 Å². The second kappa shape index (κ2) is 9.22. The van der Waals surface area contributed by atoms with Crippen molar-refractivity contribution in [3.8, 4) is 11.1 Å². The maximum absolute atomic E-state index is 13.0. The van der Waals surface area contributed by atoms with Gasteiger partial charge in [0.05, 0.1) is 35.7 Å². The minimum Gasteiger partial charge on any atom is -0.481 e. The lowest BCUT2D eigenvalue weighted by Crippen LogP contribution is -2.31. The molecule has 1 aliphatic carbocycles. The van der Waals surface area contributed by atoms with Crippen molar-refractivity contribution in [2.75, 3.05) is 0 Å². The average Bonchev–Trinajstić information content (AvgIpc) is 3.21. The largest absolute Gasteiger partial charge is 0.481 e. The number of halogens is 3. The second-order valence-electron chi connectivity index (χ2n) is 8.08. The molecule has 0 saturated heterocycles. The molecule has 1 atom stereocenters. The lowest BCUT2D eigenvalue weighted by atomic mass is 9.94. The molecule has 0 spiro atoms. The van der Waals surface area contributed by atoms with Crippen LogP contribution in [0.4, 0.5) is 13.2 Å². The first kappa shape index (κ1) is 24.0. The molecule has 0 radical (unpaired) electrons. The van der Waals surface area contributed by atoms with Gasteiger partial charge in [-0.3, -0.25) is 9.48 Å². The smallest absolute Gasteiger partial charge is 0.416 e. The van der Waals surface area contributed by atoms with Crippen molar-refractivity contribution >= 4 is 16.0 Å². The number of carboxylic acids is 1. The quantitative estimate of drug-likeness (QED) is 0.508. The molecular formula is C23H22F3N3O4S. The Morgan fingerprint density at radius 1 is 1.15 bits per heavy atom. The first-order chi connectivity index (χ1) is 16.0. The first-order valence-corrected chi connectivity index (χ1v) is 12.1. The molecule has 11 heteroatoms. The predicted molar refractivity (Wildman–Crippen MR) is 117 cm³/mol. The van der Waals surface area contributed by atoms with Gasteiger partial charge in [0.1, 0.15) is 0 Å². The molecule has 0 bridgehead atoms. The Hall–Kier alpha value is -3.18. The van der Waals surface area contributed by atoms with Crippen molar-refractivity contribution in [3.63, 3.8) is 0 Å². The van der Waals surface area contributed by atoms with Gasteiger partial charge in [-0.2, -0.15) is 18.3 Å². The third-order valence-corrected chi connectivity index (χ3v) is 7.27. The molecule has 0 aliphatic heterocycles. The van der Waals surface area contributed by atoms with Crippen LogP contribution in [-0.4, -0.2) is 29.3 Å². The Morgan fingerprint density at radius 3 is 2.56 bits per heavy atom. The third-order valence-electron chi connectivity index (χ3n) is 5.79. The number of hydrogen-bond acceptors (Lipinski definition) is 4. The molecule has 7 nitrogen and oxygen atoms in total. The number of aliphatic carboxylic acids is 1. The summed E-state index contributed by atoms with van der Waals surface area (Å²) in [6.45, 7) is 0.209. The lowest BCUT2D eigenvalue weighted by Gasteiger charge is -2.24. The highest BCUT2D eigenvalue weighted by Gasteiger charge is 2.31. The number of rotatable bonds is 7. The van der Waals surface area contributed by atoms with Crippen LogP contribution in [0.1, 0.15) is 42.1 Å². The molecule has 0 unspecified atom stereocenters. The van der Waals surface area contributed by atoms with E-state index in [0.717, 1.165) is 23.4 Å². The molecule has 180 valence electrons. The Morgan fingerprint density at radius 2 is 1.88 bits per heavy atom. The molecular weight excluding hydrogens is 471 g/mol. The van der Waals surface area contributed by atoms with Crippen LogP contribution in [0.5, 0.6) is 0 Å². The van der Waals surface area contributed by atoms with Gasteiger partial charge in [-0.25, -0.2) is 13.1 Å². The average molecular weight is 494 g/mol. The number of benzene rings is 2. The predicted octanol–water partition coefficient (Wildman–Crippen LogP) is 4.40.